The number of hydrogen-bond acceptors (Lipinski definition) is 2. The van der Waals surface area contributed by atoms with E-state index in [2.05, 4.69) is 15.9 Å². The van der Waals surface area contributed by atoms with Crippen LogP contribution in [0.15, 0.2) is 15.2 Å². The fourth-order valence-corrected chi connectivity index (χ4v) is 1.73. The summed E-state index contributed by atoms with van der Waals surface area (Å²) in [5, 5.41) is 0. The van der Waals surface area contributed by atoms with Crippen LogP contribution in [-0.2, 0) is 0 Å². The predicted molar refractivity (Wildman–Crippen MR) is 58.8 cm³/mol. The molecule has 0 saturated carbocycles. The van der Waals surface area contributed by atoms with Crippen molar-refractivity contribution in [1.29, 1.82) is 0 Å². The zero-order chi connectivity index (χ0) is 13.2. The maximum Gasteiger partial charge on any atom is 0.390 e. The molecular weight excluding hydrogens is 303 g/mol. The summed E-state index contributed by atoms with van der Waals surface area (Å²) >= 11 is 3.05. The number of alkyl halides is 3. The van der Waals surface area contributed by atoms with Crippen LogP contribution in [0.4, 0.5) is 13.2 Å². The maximum absolute atomic E-state index is 12.0. The van der Waals surface area contributed by atoms with Gasteiger partial charge in [-0.05, 0) is 28.9 Å². The molecule has 0 radical (unpaired) electrons. The second kappa shape index (κ2) is 5.12. The minimum atomic E-state index is -4.27. The smallest absolute Gasteiger partial charge is 0.390 e. The minimum absolute atomic E-state index is 0.0570. The lowest BCUT2D eigenvalue weighted by Gasteiger charge is -2.17. The van der Waals surface area contributed by atoms with Crippen LogP contribution >= 0.6 is 15.9 Å². The molecule has 0 atom stereocenters. The SMILES string of the molecule is Cc1cc(Br)oc1C(=O)N(C)CCC(F)(F)F. The number of rotatable bonds is 3. The average Bonchev–Trinajstić information content (AvgIpc) is 2.52. The Morgan fingerprint density at radius 1 is 1.53 bits per heavy atom. The first-order valence-corrected chi connectivity index (χ1v) is 5.58. The van der Waals surface area contributed by atoms with Crippen LogP contribution in [0.1, 0.15) is 22.5 Å². The Labute approximate surface area is 105 Å². The maximum atomic E-state index is 12.0. The molecule has 1 aromatic heterocycles. The molecular formula is C10H11BrF3NO2. The summed E-state index contributed by atoms with van der Waals surface area (Å²) < 4.78 is 41.4. The minimum Gasteiger partial charge on any atom is -0.444 e. The molecule has 0 aromatic carbocycles. The van der Waals surface area contributed by atoms with Crippen LogP contribution in [0.2, 0.25) is 0 Å². The summed E-state index contributed by atoms with van der Waals surface area (Å²) in [6.45, 7) is 1.26. The van der Waals surface area contributed by atoms with E-state index < -0.39 is 18.5 Å². The Hall–Kier alpha value is -0.980. The Bertz CT molecular complexity index is 414. The predicted octanol–water partition coefficient (Wildman–Crippen LogP) is 3.37. The summed E-state index contributed by atoms with van der Waals surface area (Å²) in [7, 11) is 1.31. The van der Waals surface area contributed by atoms with Crippen molar-refractivity contribution in [3.8, 4) is 0 Å². The highest BCUT2D eigenvalue weighted by atomic mass is 79.9. The molecule has 1 aromatic rings. The quantitative estimate of drug-likeness (QED) is 0.857. The molecule has 0 aliphatic rings. The van der Waals surface area contributed by atoms with Gasteiger partial charge in [-0.2, -0.15) is 13.2 Å². The molecule has 1 amide bonds. The normalized spacial score (nSPS) is 11.6. The van der Waals surface area contributed by atoms with Crippen LogP contribution in [0, 0.1) is 6.92 Å². The molecule has 0 unspecified atom stereocenters. The van der Waals surface area contributed by atoms with Gasteiger partial charge in [-0.15, -0.1) is 0 Å². The zero-order valence-electron chi connectivity index (χ0n) is 9.27. The Morgan fingerprint density at radius 2 is 2.12 bits per heavy atom. The van der Waals surface area contributed by atoms with Crippen molar-refractivity contribution in [1.82, 2.24) is 4.90 Å². The molecule has 96 valence electrons. The second-order valence-electron chi connectivity index (χ2n) is 3.65. The summed E-state index contributed by atoms with van der Waals surface area (Å²) in [5.74, 6) is -0.501. The van der Waals surface area contributed by atoms with Gasteiger partial charge in [-0.3, -0.25) is 4.79 Å². The monoisotopic (exact) mass is 313 g/mol. The van der Waals surface area contributed by atoms with Crippen molar-refractivity contribution < 1.29 is 22.4 Å². The van der Waals surface area contributed by atoms with Crippen LogP contribution in [0.25, 0.3) is 0 Å². The largest absolute Gasteiger partial charge is 0.444 e. The fraction of sp³-hybridized carbons (Fsp3) is 0.500. The van der Waals surface area contributed by atoms with Crippen molar-refractivity contribution >= 4 is 21.8 Å². The number of amides is 1. The zero-order valence-corrected chi connectivity index (χ0v) is 10.9. The van der Waals surface area contributed by atoms with Gasteiger partial charge < -0.3 is 9.32 Å². The molecule has 0 fully saturated rings. The molecule has 0 saturated heterocycles. The van der Waals surface area contributed by atoms with E-state index in [-0.39, 0.29) is 12.3 Å². The molecule has 0 spiro atoms. The standard InChI is InChI=1S/C10H11BrF3NO2/c1-6-5-7(11)17-8(6)9(16)15(2)4-3-10(12,13)14/h5H,3-4H2,1-2H3. The van der Waals surface area contributed by atoms with Gasteiger partial charge in [0.25, 0.3) is 5.91 Å². The number of nitrogens with zero attached hydrogens (tertiary/aromatic N) is 1. The molecule has 7 heteroatoms. The van der Waals surface area contributed by atoms with Gasteiger partial charge >= 0.3 is 6.18 Å². The van der Waals surface area contributed by atoms with Gasteiger partial charge in [0.05, 0.1) is 6.42 Å². The Kier molecular flexibility index (Phi) is 4.24. The van der Waals surface area contributed by atoms with Gasteiger partial charge in [0, 0.05) is 19.2 Å². The van der Waals surface area contributed by atoms with Crippen LogP contribution < -0.4 is 0 Å². The van der Waals surface area contributed by atoms with Gasteiger partial charge in [-0.25, -0.2) is 0 Å². The van der Waals surface area contributed by atoms with E-state index in [0.29, 0.717) is 10.2 Å². The molecule has 0 N–H and O–H groups in total. The van der Waals surface area contributed by atoms with E-state index in [1.165, 1.54) is 7.05 Å². The molecule has 1 heterocycles. The summed E-state index contributed by atoms with van der Waals surface area (Å²) in [5.41, 5.74) is 0.584. The summed E-state index contributed by atoms with van der Waals surface area (Å²) in [4.78, 5) is 12.7. The third-order valence-corrected chi connectivity index (χ3v) is 2.55. The lowest BCUT2D eigenvalue weighted by atomic mass is 10.2. The van der Waals surface area contributed by atoms with Crippen LogP contribution in [0.3, 0.4) is 0 Å². The summed E-state index contributed by atoms with van der Waals surface area (Å²) in [6, 6.07) is 1.59. The van der Waals surface area contributed by atoms with Crippen LogP contribution in [0.5, 0.6) is 0 Å². The van der Waals surface area contributed by atoms with Gasteiger partial charge in [0.1, 0.15) is 0 Å². The molecule has 17 heavy (non-hydrogen) atoms. The Morgan fingerprint density at radius 3 is 2.53 bits per heavy atom. The van der Waals surface area contributed by atoms with E-state index >= 15 is 0 Å². The van der Waals surface area contributed by atoms with E-state index in [0.717, 1.165) is 4.90 Å². The number of hydrogen-bond donors (Lipinski definition) is 0. The van der Waals surface area contributed by atoms with E-state index in [1.54, 1.807) is 13.0 Å². The van der Waals surface area contributed by atoms with Gasteiger partial charge in [-0.1, -0.05) is 0 Å². The second-order valence-corrected chi connectivity index (χ2v) is 4.44. The third kappa shape index (κ3) is 4.07. The first kappa shape index (κ1) is 14.1. The topological polar surface area (TPSA) is 33.5 Å². The highest BCUT2D eigenvalue weighted by Gasteiger charge is 2.29. The fourth-order valence-electron chi connectivity index (χ4n) is 1.22. The average molecular weight is 314 g/mol. The first-order chi connectivity index (χ1) is 7.70. The van der Waals surface area contributed by atoms with E-state index in [4.69, 9.17) is 4.42 Å². The number of carbonyl (C=O) groups is 1. The number of furan rings is 1. The Balaban J connectivity index is 2.67. The number of halogens is 4. The summed E-state index contributed by atoms with van der Waals surface area (Å²) in [6.07, 6.45) is -5.30. The first-order valence-electron chi connectivity index (χ1n) is 4.79. The molecule has 0 bridgehead atoms. The van der Waals surface area contributed by atoms with E-state index in [9.17, 15) is 18.0 Å². The van der Waals surface area contributed by atoms with Crippen molar-refractivity contribution in [3.63, 3.8) is 0 Å². The lowest BCUT2D eigenvalue weighted by Crippen LogP contribution is -2.30. The molecule has 1 rings (SSSR count). The number of aryl methyl sites for hydroxylation is 1. The van der Waals surface area contributed by atoms with Crippen molar-refractivity contribution in [2.24, 2.45) is 0 Å². The van der Waals surface area contributed by atoms with Crippen molar-refractivity contribution in [2.75, 3.05) is 13.6 Å². The van der Waals surface area contributed by atoms with Crippen molar-refractivity contribution in [2.45, 2.75) is 19.5 Å². The number of carbonyl (C=O) groups excluding carboxylic acids is 1. The lowest BCUT2D eigenvalue weighted by molar-refractivity contribution is -0.136. The third-order valence-electron chi connectivity index (χ3n) is 2.16. The molecule has 0 aliphatic heterocycles. The van der Waals surface area contributed by atoms with Gasteiger partial charge in [0.15, 0.2) is 10.4 Å². The van der Waals surface area contributed by atoms with E-state index in [1.807, 2.05) is 0 Å². The van der Waals surface area contributed by atoms with Crippen LogP contribution in [-0.4, -0.2) is 30.6 Å². The molecule has 0 aliphatic carbocycles. The highest BCUT2D eigenvalue weighted by Crippen LogP contribution is 2.22. The highest BCUT2D eigenvalue weighted by molar-refractivity contribution is 9.10. The molecule has 3 nitrogen and oxygen atoms in total. The van der Waals surface area contributed by atoms with Gasteiger partial charge in [0.2, 0.25) is 0 Å². The van der Waals surface area contributed by atoms with Crippen molar-refractivity contribution in [3.05, 3.63) is 22.1 Å².